The van der Waals surface area contributed by atoms with E-state index in [0.29, 0.717) is 11.5 Å². The van der Waals surface area contributed by atoms with Gasteiger partial charge in [0.2, 0.25) is 0 Å². The molecular weight excluding hydrogens is 322 g/mol. The number of nitrogens with one attached hydrogen (secondary N) is 1. The SMILES string of the molecule is CN1CC[C@@H](C(NC(=O)c2ccc3cnccc3c2)c2ccccc2)C1. The van der Waals surface area contributed by atoms with Crippen LogP contribution >= 0.6 is 0 Å². The molecule has 2 heterocycles. The van der Waals surface area contributed by atoms with E-state index in [9.17, 15) is 4.79 Å². The second-order valence-corrected chi connectivity index (χ2v) is 7.11. The number of hydrogen-bond donors (Lipinski definition) is 1. The van der Waals surface area contributed by atoms with Crippen LogP contribution in [0.5, 0.6) is 0 Å². The molecule has 2 atom stereocenters. The molecule has 4 heteroatoms. The van der Waals surface area contributed by atoms with Crippen molar-refractivity contribution in [3.8, 4) is 0 Å². The Morgan fingerprint density at radius 1 is 1.15 bits per heavy atom. The number of fused-ring (bicyclic) bond motifs is 1. The zero-order valence-corrected chi connectivity index (χ0v) is 14.9. The Hall–Kier alpha value is -2.72. The van der Waals surface area contributed by atoms with E-state index in [1.54, 1.807) is 6.20 Å². The second kappa shape index (κ2) is 7.26. The van der Waals surface area contributed by atoms with E-state index in [-0.39, 0.29) is 11.9 Å². The molecule has 0 aliphatic carbocycles. The summed E-state index contributed by atoms with van der Waals surface area (Å²) in [6.45, 7) is 2.08. The summed E-state index contributed by atoms with van der Waals surface area (Å²) in [5.74, 6) is 0.406. The van der Waals surface area contributed by atoms with Crippen LogP contribution in [0.25, 0.3) is 10.8 Å². The first-order chi connectivity index (χ1) is 12.7. The van der Waals surface area contributed by atoms with Crippen LogP contribution in [0, 0.1) is 5.92 Å². The largest absolute Gasteiger partial charge is 0.345 e. The van der Waals surface area contributed by atoms with Gasteiger partial charge in [-0.1, -0.05) is 36.4 Å². The highest BCUT2D eigenvalue weighted by atomic mass is 16.1. The molecule has 0 bridgehead atoms. The number of amides is 1. The lowest BCUT2D eigenvalue weighted by Gasteiger charge is -2.25. The van der Waals surface area contributed by atoms with Crippen LogP contribution in [-0.2, 0) is 0 Å². The molecule has 26 heavy (non-hydrogen) atoms. The monoisotopic (exact) mass is 345 g/mol. The highest BCUT2D eigenvalue weighted by Crippen LogP contribution is 2.30. The van der Waals surface area contributed by atoms with Gasteiger partial charge >= 0.3 is 0 Å². The van der Waals surface area contributed by atoms with Gasteiger partial charge in [0.15, 0.2) is 0 Å². The molecule has 1 N–H and O–H groups in total. The summed E-state index contributed by atoms with van der Waals surface area (Å²) in [6.07, 6.45) is 4.67. The van der Waals surface area contributed by atoms with Crippen LogP contribution in [0.15, 0.2) is 67.0 Å². The molecule has 132 valence electrons. The summed E-state index contributed by atoms with van der Waals surface area (Å²) >= 11 is 0. The van der Waals surface area contributed by atoms with Crippen LogP contribution in [0.4, 0.5) is 0 Å². The van der Waals surface area contributed by atoms with E-state index in [1.165, 1.54) is 5.56 Å². The molecule has 1 amide bonds. The summed E-state index contributed by atoms with van der Waals surface area (Å²) in [5, 5.41) is 5.37. The molecule has 4 rings (SSSR count). The van der Waals surface area contributed by atoms with Crippen molar-refractivity contribution in [3.63, 3.8) is 0 Å². The average Bonchev–Trinajstić information content (AvgIpc) is 3.12. The molecule has 0 spiro atoms. The lowest BCUT2D eigenvalue weighted by atomic mass is 9.92. The fourth-order valence-electron chi connectivity index (χ4n) is 3.82. The van der Waals surface area contributed by atoms with E-state index >= 15 is 0 Å². The van der Waals surface area contributed by atoms with Crippen molar-refractivity contribution in [2.24, 2.45) is 5.92 Å². The van der Waals surface area contributed by atoms with Crippen molar-refractivity contribution >= 4 is 16.7 Å². The predicted octanol–water partition coefficient (Wildman–Crippen LogP) is 3.66. The molecule has 0 saturated carbocycles. The van der Waals surface area contributed by atoms with E-state index in [2.05, 4.69) is 34.4 Å². The van der Waals surface area contributed by atoms with Gasteiger partial charge < -0.3 is 10.2 Å². The van der Waals surface area contributed by atoms with Crippen molar-refractivity contribution in [2.75, 3.05) is 20.1 Å². The lowest BCUT2D eigenvalue weighted by Crippen LogP contribution is -2.34. The van der Waals surface area contributed by atoms with Gasteiger partial charge in [0.1, 0.15) is 0 Å². The third-order valence-corrected chi connectivity index (χ3v) is 5.25. The number of benzene rings is 2. The number of carbonyl (C=O) groups excluding carboxylic acids is 1. The Balaban J connectivity index is 1.60. The van der Waals surface area contributed by atoms with Crippen molar-refractivity contribution in [1.82, 2.24) is 15.2 Å². The van der Waals surface area contributed by atoms with Gasteiger partial charge in [0.05, 0.1) is 6.04 Å². The molecule has 1 saturated heterocycles. The molecule has 4 nitrogen and oxygen atoms in total. The van der Waals surface area contributed by atoms with Crippen molar-refractivity contribution in [3.05, 3.63) is 78.1 Å². The maximum atomic E-state index is 13.0. The molecule has 1 unspecified atom stereocenters. The molecule has 1 aliphatic heterocycles. The topological polar surface area (TPSA) is 45.2 Å². The maximum absolute atomic E-state index is 13.0. The molecular formula is C22H23N3O. The first kappa shape index (κ1) is 16.7. The minimum absolute atomic E-state index is 0.0212. The highest BCUT2D eigenvalue weighted by molar-refractivity contribution is 5.98. The van der Waals surface area contributed by atoms with Gasteiger partial charge in [-0.2, -0.15) is 0 Å². The Bertz CT molecular complexity index is 909. The van der Waals surface area contributed by atoms with Crippen LogP contribution in [-0.4, -0.2) is 35.9 Å². The number of pyridine rings is 1. The summed E-state index contributed by atoms with van der Waals surface area (Å²) in [4.78, 5) is 19.4. The number of likely N-dealkylation sites (tertiary alicyclic amines) is 1. The number of rotatable bonds is 4. The molecule has 2 aromatic carbocycles. The van der Waals surface area contributed by atoms with Gasteiger partial charge in [-0.15, -0.1) is 0 Å². The Morgan fingerprint density at radius 3 is 2.77 bits per heavy atom. The third-order valence-electron chi connectivity index (χ3n) is 5.25. The molecule has 1 aliphatic rings. The number of aromatic nitrogens is 1. The van der Waals surface area contributed by atoms with Crippen LogP contribution in [0.3, 0.4) is 0 Å². The average molecular weight is 345 g/mol. The highest BCUT2D eigenvalue weighted by Gasteiger charge is 2.30. The third kappa shape index (κ3) is 3.46. The number of nitrogens with zero attached hydrogens (tertiary/aromatic N) is 2. The molecule has 3 aromatic rings. The van der Waals surface area contributed by atoms with E-state index in [0.717, 1.165) is 30.3 Å². The standard InChI is InChI=1S/C22H23N3O/c1-25-12-10-20(15-25)21(16-5-3-2-4-6-16)24-22(26)18-7-8-19-14-23-11-9-17(19)13-18/h2-9,11,13-14,20-21H,10,12,15H2,1H3,(H,24,26)/t20-,21?/m1/s1. The molecule has 1 aromatic heterocycles. The van der Waals surface area contributed by atoms with Gasteiger partial charge in [-0.05, 0) is 55.1 Å². The van der Waals surface area contributed by atoms with Gasteiger partial charge in [-0.25, -0.2) is 0 Å². The fraction of sp³-hybridized carbons (Fsp3) is 0.273. The Kier molecular flexibility index (Phi) is 4.67. The maximum Gasteiger partial charge on any atom is 0.251 e. The normalized spacial score (nSPS) is 18.7. The quantitative estimate of drug-likeness (QED) is 0.785. The Labute approximate surface area is 153 Å². The Morgan fingerprint density at radius 2 is 2.00 bits per heavy atom. The van der Waals surface area contributed by atoms with Crippen LogP contribution in [0.1, 0.15) is 28.4 Å². The van der Waals surface area contributed by atoms with Crippen LogP contribution in [0.2, 0.25) is 0 Å². The van der Waals surface area contributed by atoms with Crippen molar-refractivity contribution in [1.29, 1.82) is 0 Å². The minimum atomic E-state index is -0.0212. The minimum Gasteiger partial charge on any atom is -0.345 e. The lowest BCUT2D eigenvalue weighted by molar-refractivity contribution is 0.0922. The zero-order valence-electron chi connectivity index (χ0n) is 14.9. The van der Waals surface area contributed by atoms with Gasteiger partial charge in [-0.3, -0.25) is 9.78 Å². The zero-order chi connectivity index (χ0) is 17.9. The van der Waals surface area contributed by atoms with Crippen molar-refractivity contribution < 1.29 is 4.79 Å². The second-order valence-electron chi connectivity index (χ2n) is 7.11. The smallest absolute Gasteiger partial charge is 0.251 e. The van der Waals surface area contributed by atoms with Gasteiger partial charge in [0.25, 0.3) is 5.91 Å². The van der Waals surface area contributed by atoms with E-state index < -0.39 is 0 Å². The predicted molar refractivity (Wildman–Crippen MR) is 104 cm³/mol. The number of carbonyl (C=O) groups is 1. The number of hydrogen-bond acceptors (Lipinski definition) is 3. The summed E-state index contributed by atoms with van der Waals surface area (Å²) in [7, 11) is 2.14. The van der Waals surface area contributed by atoms with E-state index in [4.69, 9.17) is 0 Å². The first-order valence-corrected chi connectivity index (χ1v) is 9.09. The summed E-state index contributed by atoms with van der Waals surface area (Å²) in [5.41, 5.74) is 1.86. The fourth-order valence-corrected chi connectivity index (χ4v) is 3.82. The van der Waals surface area contributed by atoms with Crippen LogP contribution < -0.4 is 5.32 Å². The van der Waals surface area contributed by atoms with E-state index in [1.807, 2.05) is 48.7 Å². The summed E-state index contributed by atoms with van der Waals surface area (Å²) < 4.78 is 0. The van der Waals surface area contributed by atoms with Gasteiger partial charge in [0, 0.05) is 29.9 Å². The molecule has 1 fully saturated rings. The first-order valence-electron chi connectivity index (χ1n) is 9.09. The molecule has 0 radical (unpaired) electrons. The summed E-state index contributed by atoms with van der Waals surface area (Å²) in [6, 6.07) is 18.0. The van der Waals surface area contributed by atoms with Crippen molar-refractivity contribution in [2.45, 2.75) is 12.5 Å².